The molecule has 28 atom stereocenters. The summed E-state index contributed by atoms with van der Waals surface area (Å²) in [5, 5.41) is 61.7. The molecule has 0 unspecified atom stereocenters. The van der Waals surface area contributed by atoms with Gasteiger partial charge in [0.05, 0.1) is 61.7 Å². The fourth-order valence-corrected chi connectivity index (χ4v) is 31.5. The van der Waals surface area contributed by atoms with Crippen molar-refractivity contribution in [1.82, 2.24) is 49.1 Å². The molecular weight excluding hydrogens is 1490 g/mol. The summed E-state index contributed by atoms with van der Waals surface area (Å²) in [6.07, 6.45) is 59.2. The third-order valence-corrected chi connectivity index (χ3v) is 36.9. The zero-order valence-corrected chi connectivity index (χ0v) is 71.7. The number of alkyl halides is 3. The van der Waals surface area contributed by atoms with Gasteiger partial charge in [-0.3, -0.25) is 0 Å². The van der Waals surface area contributed by atoms with E-state index in [9.17, 15) is 33.6 Å². The number of aromatic nitrogens is 10. The predicted octanol–water partition coefficient (Wildman–Crippen LogP) is 20.7. The van der Waals surface area contributed by atoms with Gasteiger partial charge in [-0.1, -0.05) is 129 Å². The van der Waals surface area contributed by atoms with Gasteiger partial charge in [0.1, 0.15) is 17.9 Å². The maximum Gasteiger partial charge on any atom is 0.267 e. The second-order valence-corrected chi connectivity index (χ2v) is 42.7. The Bertz CT molecular complexity index is 4440. The smallest absolute Gasteiger partial charge is 0.267 e. The van der Waals surface area contributed by atoms with Gasteiger partial charge in [0.2, 0.25) is 0 Å². The molecule has 0 bridgehead atoms. The summed E-state index contributed by atoms with van der Waals surface area (Å²) in [4.78, 5) is 11.9. The molecule has 4 N–H and O–H groups in total. The zero-order valence-electron chi connectivity index (χ0n) is 71.0. The van der Waals surface area contributed by atoms with E-state index in [1.165, 1.54) is 155 Å². The number of nitrogens with zero attached hydrogens (tertiary/aromatic N) is 10. The molecule has 16 aliphatic rings. The Morgan fingerprint density at radius 1 is 0.427 bits per heavy atom. The second kappa shape index (κ2) is 32.7. The molecule has 16 aliphatic carbocycles. The number of halogens is 4. The number of rotatable bonds is 14. The number of hydrogen-bond acceptors (Lipinski definition) is 10. The van der Waals surface area contributed by atoms with Gasteiger partial charge in [-0.15, -0.1) is 0 Å². The minimum atomic E-state index is -2.65. The maximum absolute atomic E-state index is 13.4. The van der Waals surface area contributed by atoms with Crippen LogP contribution in [-0.2, 0) is 26.2 Å². The summed E-state index contributed by atoms with van der Waals surface area (Å²) in [5.74, 6) is 16.5. The van der Waals surface area contributed by atoms with Crippen molar-refractivity contribution in [3.8, 4) is 11.3 Å². The first-order valence-corrected chi connectivity index (χ1v) is 46.4. The first-order valence-electron chi connectivity index (χ1n) is 46.0. The molecule has 20 rings (SSSR count). The summed E-state index contributed by atoms with van der Waals surface area (Å²) < 4.78 is 44.4. The lowest BCUT2D eigenvalue weighted by Gasteiger charge is -2.54. The Hall–Kier alpha value is -5.90. The lowest BCUT2D eigenvalue weighted by Crippen LogP contribution is -2.49. The Kier molecular flexibility index (Phi) is 23.3. The molecule has 4 aromatic rings. The van der Waals surface area contributed by atoms with Crippen LogP contribution in [0.1, 0.15) is 240 Å². The SMILES string of the molecule is C=C(Cn1ccnc1)[C@H]1CC[C@H]2[C@@H]3CC=C4C[C@@](O)(C#CCl)CC[C@@H]4[C@H]3CC[C@]12C.C=C(Cn1ccnc1)[C@H]1CC[C@H]2[C@@H]3CC=C4C[C@@](O)(C(F)F)CC[C@@H]4[C@H]3CC[C@]12C.C=C(Cn1nccn1)[C@H]1CC[C@H]2[C@@H]3CC=C4C[C@@](O)(CF)CC[C@@H]4[C@H]3CC[C@]12C.C=C(Cn1nccn1)[C@H]1CC[C@H]2[C@@H]3CC=C4C[C@](C)(O)CC[C@@H]4[C@H]3CC[C@]12C. The highest BCUT2D eigenvalue weighted by Crippen LogP contribution is 2.70. The lowest BCUT2D eigenvalue weighted by atomic mass is 9.51. The van der Waals surface area contributed by atoms with Crippen LogP contribution in [-0.4, -0.2) is 105 Å². The predicted molar refractivity (Wildman–Crippen MR) is 454 cm³/mol. The van der Waals surface area contributed by atoms with Gasteiger partial charge >= 0.3 is 0 Å². The molecular formula is C99H136ClF3N10O4. The molecule has 12 saturated carbocycles. The van der Waals surface area contributed by atoms with Gasteiger partial charge in [0.15, 0.2) is 0 Å². The molecule has 4 heterocycles. The van der Waals surface area contributed by atoms with Crippen LogP contribution in [0.5, 0.6) is 0 Å². The van der Waals surface area contributed by atoms with Crippen LogP contribution in [0.2, 0.25) is 0 Å². The highest BCUT2D eigenvalue weighted by atomic mass is 35.5. The summed E-state index contributed by atoms with van der Waals surface area (Å²) in [6, 6.07) is 0. The number of imidazole rings is 2. The van der Waals surface area contributed by atoms with Gasteiger partial charge in [-0.25, -0.2) is 23.1 Å². The van der Waals surface area contributed by atoms with Gasteiger partial charge in [0.25, 0.3) is 6.43 Å². The molecule has 0 saturated heterocycles. The Morgan fingerprint density at radius 2 is 0.778 bits per heavy atom. The Balaban J connectivity index is 0.000000112. The summed E-state index contributed by atoms with van der Waals surface area (Å²) in [6.45, 7) is 32.7. The molecule has 14 nitrogen and oxygen atoms in total. The van der Waals surface area contributed by atoms with Gasteiger partial charge in [-0.2, -0.15) is 30.0 Å². The minimum absolute atomic E-state index is 0.171. The van der Waals surface area contributed by atoms with Crippen molar-refractivity contribution in [2.24, 2.45) is 140 Å². The average molecular weight is 1620 g/mol. The van der Waals surface area contributed by atoms with Crippen molar-refractivity contribution >= 4 is 11.6 Å². The highest BCUT2D eigenvalue weighted by Gasteiger charge is 2.62. The van der Waals surface area contributed by atoms with Crippen molar-refractivity contribution in [2.45, 2.75) is 295 Å². The zero-order chi connectivity index (χ0) is 81.8. The third-order valence-electron chi connectivity index (χ3n) is 36.8. The number of aliphatic hydroxyl groups is 4. The van der Waals surface area contributed by atoms with Gasteiger partial charge in [-0.05, 0) is 351 Å². The summed E-state index contributed by atoms with van der Waals surface area (Å²) in [7, 11) is 0. The normalized spacial score (nSPS) is 43.5. The summed E-state index contributed by atoms with van der Waals surface area (Å²) in [5.41, 5.74) is 7.88. The molecule has 634 valence electrons. The van der Waals surface area contributed by atoms with Crippen LogP contribution in [0.3, 0.4) is 0 Å². The number of fused-ring (bicyclic) bond motifs is 20. The van der Waals surface area contributed by atoms with Crippen molar-refractivity contribution in [2.75, 3.05) is 6.67 Å². The Labute approximate surface area is 700 Å². The van der Waals surface area contributed by atoms with Gasteiger partial charge in [0, 0.05) is 56.1 Å². The van der Waals surface area contributed by atoms with E-state index in [1.807, 2.05) is 44.4 Å². The quantitative estimate of drug-likeness (QED) is 0.0702. The fourth-order valence-electron chi connectivity index (χ4n) is 31.3. The summed E-state index contributed by atoms with van der Waals surface area (Å²) >= 11 is 5.62. The molecule has 0 radical (unpaired) electrons. The average Bonchev–Trinajstić information content (AvgIpc) is 1.66. The monoisotopic (exact) mass is 1620 g/mol. The van der Waals surface area contributed by atoms with E-state index in [0.29, 0.717) is 107 Å². The fraction of sp³-hybridized carbons (Fsp3) is 0.717. The Morgan fingerprint density at radius 3 is 1.15 bits per heavy atom. The molecule has 0 aromatic carbocycles. The molecule has 18 heteroatoms. The van der Waals surface area contributed by atoms with E-state index in [1.54, 1.807) is 40.0 Å². The largest absolute Gasteiger partial charge is 0.390 e. The van der Waals surface area contributed by atoms with Crippen LogP contribution >= 0.6 is 11.6 Å². The van der Waals surface area contributed by atoms with Crippen LogP contribution in [0.15, 0.2) is 157 Å². The standard InChI is InChI=1S/C26H33ClN2O.C25H34F2N2O.C24H34FN3O.C24H35N3O/c1-18(16-29-14-13-28-17-29)23-5-6-24-22-4-3-19-15-26(30,11-12-27)10-8-20(19)21(22)7-9-25(23,24)2;1-16(14-29-12-11-28-15-29)21-5-6-22-20-4-3-17-13-25(30,23(26)27)10-8-18(17)19(20)7-9-24(21,22)2;1-16(14-28-26-11-12-27-28)21-5-6-22-20-4-3-17-13-24(29,15-25)10-8-18(17)19(20)7-9-23(21,22)2;1-16(15-27-25-12-13-26-27)21-6-7-22-20-5-4-17-14-23(2,28)10-8-18(17)19(20)9-11-24(21,22)3/h3,13-14,17,20-24,30H,1,4-10,15-16H2,2H3;3,11-12,15,18-23,30H,1,4-10,13-14H2,2H3;3,11-12,18-22,29H,1,4-10,13-15H2,2H3;4,12-13,18-22,28H,1,5-11,14-15H2,2-3H3/t20-,21+,22+,23+,24-,25+,26-;18-,19+,20+,21+,22-,24+,25+;2*18-,19+,20+,21+,22-,23+,24+/m0000/s1. The number of hydrogen-bond donors (Lipinski definition) is 4. The van der Waals surface area contributed by atoms with E-state index in [4.69, 9.17) is 11.6 Å². The van der Waals surface area contributed by atoms with E-state index in [-0.39, 0.29) is 12.8 Å². The number of allylic oxidation sites excluding steroid dienone is 8. The molecule has 0 aliphatic heterocycles. The molecule has 12 fully saturated rings. The second-order valence-electron chi connectivity index (χ2n) is 42.5. The molecule has 117 heavy (non-hydrogen) atoms. The third kappa shape index (κ3) is 15.6. The van der Waals surface area contributed by atoms with Crippen LogP contribution in [0.25, 0.3) is 0 Å². The molecule has 0 amide bonds. The van der Waals surface area contributed by atoms with E-state index in [2.05, 4.69) is 129 Å². The van der Waals surface area contributed by atoms with E-state index >= 15 is 0 Å². The topological polar surface area (TPSA) is 178 Å². The molecule has 4 aromatic heterocycles. The van der Waals surface area contributed by atoms with Crippen LogP contribution in [0, 0.1) is 151 Å². The maximum atomic E-state index is 13.4. The van der Waals surface area contributed by atoms with Crippen molar-refractivity contribution in [1.29, 1.82) is 0 Å². The van der Waals surface area contributed by atoms with Crippen molar-refractivity contribution in [3.63, 3.8) is 0 Å². The van der Waals surface area contributed by atoms with E-state index in [0.717, 1.165) is 136 Å². The van der Waals surface area contributed by atoms with Gasteiger partial charge < -0.3 is 29.6 Å². The van der Waals surface area contributed by atoms with Crippen LogP contribution < -0.4 is 0 Å². The van der Waals surface area contributed by atoms with Crippen molar-refractivity contribution < 1.29 is 33.6 Å². The lowest BCUT2D eigenvalue weighted by molar-refractivity contribution is -0.119. The molecule has 0 spiro atoms. The van der Waals surface area contributed by atoms with Crippen molar-refractivity contribution in [3.05, 3.63) is 157 Å². The first-order chi connectivity index (χ1) is 56.1. The van der Waals surface area contributed by atoms with Crippen LogP contribution in [0.4, 0.5) is 13.2 Å². The highest BCUT2D eigenvalue weighted by molar-refractivity contribution is 6.30. The minimum Gasteiger partial charge on any atom is -0.390 e. The van der Waals surface area contributed by atoms with E-state index < -0.39 is 35.5 Å². The first kappa shape index (κ1) is 83.4.